The van der Waals surface area contributed by atoms with E-state index >= 15 is 0 Å². The van der Waals surface area contributed by atoms with Crippen LogP contribution >= 0.6 is 0 Å². The molecule has 0 aliphatic rings. The average Bonchev–Trinajstić information content (AvgIpc) is 2.85. The number of primary amides is 1. The molecule has 0 spiro atoms. The predicted octanol–water partition coefficient (Wildman–Crippen LogP) is 0.772. The van der Waals surface area contributed by atoms with Crippen molar-refractivity contribution < 1.29 is 36.3 Å². The van der Waals surface area contributed by atoms with Gasteiger partial charge in [-0.25, -0.2) is 27.1 Å². The van der Waals surface area contributed by atoms with E-state index in [2.05, 4.69) is 10.0 Å². The van der Waals surface area contributed by atoms with Crippen LogP contribution in [0.15, 0.2) is 50.5 Å². The Bertz CT molecular complexity index is 1580. The standard InChI is InChI=1S/C24H25FN4O8S/c1-13-16-9-18(25)20(37-24(33)29(2)3)10-19(16)36-23(32)17(13)8-14-5-4-6-15(7-14)38(34,35)28-12-22(31)27-11-21(26)30/h4-7,9-10,28H,8,11-12H2,1-3H3,(H2,26,30)(H,27,31). The normalized spacial score (nSPS) is 11.3. The molecule has 0 bridgehead atoms. The minimum atomic E-state index is -4.11. The maximum atomic E-state index is 14.6. The molecule has 0 saturated carbocycles. The molecule has 3 aromatic rings. The molecule has 4 N–H and O–H groups in total. The Labute approximate surface area is 216 Å². The molecule has 14 heteroatoms. The number of nitrogens with two attached hydrogens (primary N) is 1. The van der Waals surface area contributed by atoms with Gasteiger partial charge in [-0.05, 0) is 36.2 Å². The van der Waals surface area contributed by atoms with E-state index in [1.165, 1.54) is 32.3 Å². The lowest BCUT2D eigenvalue weighted by Crippen LogP contribution is -2.40. The minimum absolute atomic E-state index is 0.00865. The summed E-state index contributed by atoms with van der Waals surface area (Å²) in [6, 6.07) is 7.87. The number of rotatable bonds is 9. The first kappa shape index (κ1) is 28.3. The number of carbonyl (C=O) groups excluding carboxylic acids is 3. The van der Waals surface area contributed by atoms with Crippen molar-refractivity contribution in [3.63, 3.8) is 0 Å². The second-order valence-electron chi connectivity index (χ2n) is 8.43. The number of aryl methyl sites for hydroxylation is 1. The molecule has 1 aromatic heterocycles. The number of hydrogen-bond acceptors (Lipinski definition) is 8. The van der Waals surface area contributed by atoms with Gasteiger partial charge in [-0.15, -0.1) is 0 Å². The highest BCUT2D eigenvalue weighted by atomic mass is 32.2. The molecule has 0 unspecified atom stereocenters. The summed E-state index contributed by atoms with van der Waals surface area (Å²) in [5, 5.41) is 2.43. The molecule has 1 heterocycles. The van der Waals surface area contributed by atoms with E-state index in [1.807, 2.05) is 0 Å². The van der Waals surface area contributed by atoms with E-state index < -0.39 is 58.2 Å². The molecule has 3 rings (SSSR count). The monoisotopic (exact) mass is 548 g/mol. The first-order valence-corrected chi connectivity index (χ1v) is 12.6. The maximum Gasteiger partial charge on any atom is 0.414 e. The second-order valence-corrected chi connectivity index (χ2v) is 10.2. The molecule has 38 heavy (non-hydrogen) atoms. The van der Waals surface area contributed by atoms with Crippen LogP contribution in [0, 0.1) is 12.7 Å². The number of fused-ring (bicyclic) bond motifs is 1. The third kappa shape index (κ3) is 6.72. The first-order chi connectivity index (χ1) is 17.8. The molecule has 2 aromatic carbocycles. The summed E-state index contributed by atoms with van der Waals surface area (Å²) in [4.78, 5) is 47.9. The summed E-state index contributed by atoms with van der Waals surface area (Å²) in [6.07, 6.45) is -0.847. The number of sulfonamides is 1. The number of amides is 3. The van der Waals surface area contributed by atoms with Crippen LogP contribution in [0.1, 0.15) is 16.7 Å². The van der Waals surface area contributed by atoms with E-state index in [4.69, 9.17) is 14.9 Å². The van der Waals surface area contributed by atoms with Crippen LogP contribution in [-0.2, 0) is 26.0 Å². The average molecular weight is 549 g/mol. The first-order valence-electron chi connectivity index (χ1n) is 11.1. The van der Waals surface area contributed by atoms with Crippen molar-refractivity contribution in [3.8, 4) is 5.75 Å². The van der Waals surface area contributed by atoms with Gasteiger partial charge >= 0.3 is 11.7 Å². The fourth-order valence-electron chi connectivity index (χ4n) is 3.38. The minimum Gasteiger partial charge on any atom is -0.422 e. The van der Waals surface area contributed by atoms with E-state index in [1.54, 1.807) is 13.0 Å². The Morgan fingerprint density at radius 3 is 2.50 bits per heavy atom. The fraction of sp³-hybridized carbons (Fsp3) is 0.250. The lowest BCUT2D eigenvalue weighted by Gasteiger charge is -2.13. The summed E-state index contributed by atoms with van der Waals surface area (Å²) in [5.41, 5.74) is 5.20. The van der Waals surface area contributed by atoms with Crippen LogP contribution in [0.4, 0.5) is 9.18 Å². The molecular weight excluding hydrogens is 523 g/mol. The highest BCUT2D eigenvalue weighted by Crippen LogP contribution is 2.28. The summed E-state index contributed by atoms with van der Waals surface area (Å²) < 4.78 is 52.3. The lowest BCUT2D eigenvalue weighted by molar-refractivity contribution is -0.124. The van der Waals surface area contributed by atoms with Crippen LogP contribution in [0.3, 0.4) is 0 Å². The molecule has 12 nitrogen and oxygen atoms in total. The number of nitrogens with one attached hydrogen (secondary N) is 2. The molecule has 0 fully saturated rings. The molecule has 0 aliphatic carbocycles. The largest absolute Gasteiger partial charge is 0.422 e. The quantitative estimate of drug-likeness (QED) is 0.328. The van der Waals surface area contributed by atoms with Crippen molar-refractivity contribution in [2.75, 3.05) is 27.2 Å². The van der Waals surface area contributed by atoms with E-state index in [-0.39, 0.29) is 27.8 Å². The molecule has 3 amide bonds. The number of halogens is 1. The van der Waals surface area contributed by atoms with Gasteiger partial charge < -0.3 is 25.1 Å². The molecule has 202 valence electrons. The van der Waals surface area contributed by atoms with Crippen molar-refractivity contribution in [1.29, 1.82) is 0 Å². The highest BCUT2D eigenvalue weighted by Gasteiger charge is 2.20. The zero-order valence-electron chi connectivity index (χ0n) is 20.7. The number of ether oxygens (including phenoxy) is 1. The molecular formula is C24H25FN4O8S. The van der Waals surface area contributed by atoms with Crippen LogP contribution in [0.2, 0.25) is 0 Å². The van der Waals surface area contributed by atoms with Gasteiger partial charge in [0.1, 0.15) is 5.58 Å². The molecule has 0 radical (unpaired) electrons. The van der Waals surface area contributed by atoms with Gasteiger partial charge in [0, 0.05) is 37.5 Å². The lowest BCUT2D eigenvalue weighted by atomic mass is 9.99. The van der Waals surface area contributed by atoms with E-state index in [0.29, 0.717) is 11.1 Å². The Morgan fingerprint density at radius 2 is 1.84 bits per heavy atom. The van der Waals surface area contributed by atoms with Gasteiger partial charge in [-0.2, -0.15) is 0 Å². The smallest absolute Gasteiger partial charge is 0.414 e. The van der Waals surface area contributed by atoms with Crippen molar-refractivity contribution in [1.82, 2.24) is 14.9 Å². The van der Waals surface area contributed by atoms with Crippen molar-refractivity contribution >= 4 is 38.9 Å². The zero-order valence-corrected chi connectivity index (χ0v) is 21.5. The zero-order chi connectivity index (χ0) is 28.2. The predicted molar refractivity (Wildman–Crippen MR) is 134 cm³/mol. The summed E-state index contributed by atoms with van der Waals surface area (Å²) in [7, 11) is -1.26. The Morgan fingerprint density at radius 1 is 1.13 bits per heavy atom. The number of nitrogens with zero attached hydrogens (tertiary/aromatic N) is 1. The number of carbonyl (C=O) groups is 3. The Hall–Kier alpha value is -4.30. The Balaban J connectivity index is 1.86. The molecule has 0 saturated heterocycles. The Kier molecular flexibility index (Phi) is 8.48. The molecule has 0 aliphatic heterocycles. The number of benzene rings is 2. The van der Waals surface area contributed by atoms with Gasteiger partial charge in [0.15, 0.2) is 11.6 Å². The van der Waals surface area contributed by atoms with E-state index in [9.17, 15) is 32.0 Å². The topological polar surface area (TPSA) is 178 Å². The van der Waals surface area contributed by atoms with Crippen LogP contribution in [0.25, 0.3) is 11.0 Å². The van der Waals surface area contributed by atoms with Crippen LogP contribution in [0.5, 0.6) is 5.75 Å². The highest BCUT2D eigenvalue weighted by molar-refractivity contribution is 7.89. The third-order valence-electron chi connectivity index (χ3n) is 5.37. The summed E-state index contributed by atoms with van der Waals surface area (Å²) in [6.45, 7) is 0.535. The van der Waals surface area contributed by atoms with E-state index in [0.717, 1.165) is 17.0 Å². The second kappa shape index (κ2) is 11.4. The maximum absolute atomic E-state index is 14.6. The molecule has 0 atom stereocenters. The fourth-order valence-corrected chi connectivity index (χ4v) is 4.43. The SMILES string of the molecule is Cc1c(Cc2cccc(S(=O)(=O)NCC(=O)NCC(N)=O)c2)c(=O)oc2cc(OC(=O)N(C)C)c(F)cc12. The van der Waals surface area contributed by atoms with Crippen LogP contribution < -0.4 is 26.1 Å². The van der Waals surface area contributed by atoms with Gasteiger partial charge in [-0.3, -0.25) is 9.59 Å². The van der Waals surface area contributed by atoms with Gasteiger partial charge in [-0.1, -0.05) is 12.1 Å². The van der Waals surface area contributed by atoms with Gasteiger partial charge in [0.25, 0.3) is 0 Å². The summed E-state index contributed by atoms with van der Waals surface area (Å²) >= 11 is 0. The van der Waals surface area contributed by atoms with Crippen molar-refractivity contribution in [2.45, 2.75) is 18.2 Å². The van der Waals surface area contributed by atoms with Crippen LogP contribution in [-0.4, -0.2) is 58.4 Å². The van der Waals surface area contributed by atoms with Gasteiger partial charge in [0.2, 0.25) is 21.8 Å². The van der Waals surface area contributed by atoms with Crippen molar-refractivity contribution in [2.24, 2.45) is 5.73 Å². The van der Waals surface area contributed by atoms with Gasteiger partial charge in [0.05, 0.1) is 18.0 Å². The summed E-state index contributed by atoms with van der Waals surface area (Å²) in [5.74, 6) is -2.77. The number of hydrogen-bond donors (Lipinski definition) is 3. The third-order valence-corrected chi connectivity index (χ3v) is 6.77. The van der Waals surface area contributed by atoms with Crippen molar-refractivity contribution in [3.05, 3.63) is 69.3 Å².